The predicted octanol–water partition coefficient (Wildman–Crippen LogP) is 7.98. The number of carboxylic acid groups (broad SMARTS) is 1. The minimum Gasteiger partial charge on any atom is -0.481 e. The third-order valence-electron chi connectivity index (χ3n) is 15.2. The molecule has 4 rings (SSSR count). The second-order valence-corrected chi connectivity index (χ2v) is 17.9. The Bertz CT molecular complexity index is 1100. The van der Waals surface area contributed by atoms with Crippen LogP contribution in [-0.4, -0.2) is 56.3 Å². The lowest BCUT2D eigenvalue weighted by Crippen LogP contribution is -2.67. The van der Waals surface area contributed by atoms with Crippen LogP contribution in [0.3, 0.4) is 0 Å². The number of carbonyl (C=O) groups is 1. The molecular formula is C38H67NO5. The molecule has 3 saturated carbocycles. The molecule has 6 nitrogen and oxygen atoms in total. The van der Waals surface area contributed by atoms with Crippen molar-refractivity contribution < 1.29 is 24.1 Å². The molecule has 3 N–H and O–H groups in total. The van der Waals surface area contributed by atoms with Crippen LogP contribution in [0, 0.1) is 62.6 Å². The summed E-state index contributed by atoms with van der Waals surface area (Å²) >= 11 is 0. The minimum absolute atomic E-state index is 0.0868. The Balaban J connectivity index is 1.78. The van der Waals surface area contributed by atoms with Crippen LogP contribution in [0.15, 0.2) is 11.6 Å². The summed E-state index contributed by atoms with van der Waals surface area (Å²) in [7, 11) is 3.63. The van der Waals surface area contributed by atoms with Gasteiger partial charge in [0.2, 0.25) is 0 Å². The van der Waals surface area contributed by atoms with Crippen LogP contribution in [0.2, 0.25) is 0 Å². The Morgan fingerprint density at radius 1 is 1.05 bits per heavy atom. The van der Waals surface area contributed by atoms with E-state index in [0.717, 1.165) is 38.5 Å². The van der Waals surface area contributed by atoms with Gasteiger partial charge in [0.05, 0.1) is 31.3 Å². The first-order valence-electron chi connectivity index (χ1n) is 17.6. The molecule has 254 valence electrons. The van der Waals surface area contributed by atoms with Crippen molar-refractivity contribution >= 4 is 5.97 Å². The number of fused-ring (bicyclic) bond motifs is 5. The van der Waals surface area contributed by atoms with Gasteiger partial charge in [-0.05, 0) is 96.7 Å². The number of allylic oxidation sites excluding steroid dienone is 2. The predicted molar refractivity (Wildman–Crippen MR) is 178 cm³/mol. The van der Waals surface area contributed by atoms with Crippen molar-refractivity contribution in [2.24, 2.45) is 68.3 Å². The van der Waals surface area contributed by atoms with E-state index in [2.05, 4.69) is 82.2 Å². The fraction of sp³-hybridized carbons (Fsp3) is 0.921. The smallest absolute Gasteiger partial charge is 0.307 e. The van der Waals surface area contributed by atoms with E-state index < -0.39 is 11.5 Å². The monoisotopic (exact) mass is 618 g/mol. The zero-order valence-corrected chi connectivity index (χ0v) is 30.5. The molecule has 4 aliphatic rings. The molecule has 0 aliphatic heterocycles. The molecule has 12 atom stereocenters. The molecule has 3 fully saturated rings. The Morgan fingerprint density at radius 2 is 1.68 bits per heavy atom. The highest BCUT2D eigenvalue weighted by atomic mass is 16.5. The maximum absolute atomic E-state index is 13.3. The highest BCUT2D eigenvalue weighted by molar-refractivity contribution is 5.73. The SMILES string of the molecule is COCC1(C)[C@@H](OC[C@](C)(N)C(C)C)[C@H](OC)C[C@]2(C)C3=CC[C@@]4(C)[C@H](C(=O)O)[C@@](C)([C@H](C)C(C)C)CC[C@]4(C)[C@H]3CC[C@@H]12. The highest BCUT2D eigenvalue weighted by Gasteiger charge is 2.70. The van der Waals surface area contributed by atoms with Gasteiger partial charge < -0.3 is 25.1 Å². The standard InChI is InChI=1S/C38H67NO5/c1-23(2)25(5)33(6)18-19-36(9)27-14-15-29-34(7,26(27)16-17-37(36,10)30(33)32(40)41)20-28(43-13)31(35(29,8)21-42-12)44-22-38(11,39)24(3)4/h16,23-25,27-31H,14-15,17-22,39H2,1-13H3,(H,40,41)/t25-,27+,28-,29-,30-,31+,33-,34-,35?,36-,37+,38+/m1/s1. The van der Waals surface area contributed by atoms with Crippen LogP contribution in [0.25, 0.3) is 0 Å². The molecule has 0 aromatic carbocycles. The van der Waals surface area contributed by atoms with Gasteiger partial charge in [-0.15, -0.1) is 0 Å². The molecule has 0 amide bonds. The minimum atomic E-state index is -0.608. The average molecular weight is 618 g/mol. The largest absolute Gasteiger partial charge is 0.481 e. The molecule has 0 aromatic heterocycles. The Kier molecular flexibility index (Phi) is 9.74. The number of ether oxygens (including phenoxy) is 3. The summed E-state index contributed by atoms with van der Waals surface area (Å²) in [5.74, 6) is 0.798. The average Bonchev–Trinajstić information content (AvgIpc) is 2.92. The maximum Gasteiger partial charge on any atom is 0.307 e. The van der Waals surface area contributed by atoms with Crippen LogP contribution in [0.5, 0.6) is 0 Å². The number of rotatable bonds is 10. The molecule has 0 saturated heterocycles. The van der Waals surface area contributed by atoms with E-state index >= 15 is 0 Å². The first kappa shape index (κ1) is 35.9. The van der Waals surface area contributed by atoms with Gasteiger partial charge in [-0.1, -0.05) is 80.9 Å². The van der Waals surface area contributed by atoms with E-state index in [4.69, 9.17) is 19.9 Å². The summed E-state index contributed by atoms with van der Waals surface area (Å²) in [6, 6.07) is 0. The van der Waals surface area contributed by atoms with Crippen molar-refractivity contribution in [2.45, 2.75) is 132 Å². The molecule has 0 bridgehead atoms. The number of aliphatic carboxylic acids is 1. The summed E-state index contributed by atoms with van der Waals surface area (Å²) in [4.78, 5) is 13.3. The van der Waals surface area contributed by atoms with E-state index in [1.165, 1.54) is 0 Å². The molecule has 44 heavy (non-hydrogen) atoms. The summed E-state index contributed by atoms with van der Waals surface area (Å²) < 4.78 is 19.1. The van der Waals surface area contributed by atoms with Crippen LogP contribution < -0.4 is 5.73 Å². The molecular weight excluding hydrogens is 550 g/mol. The van der Waals surface area contributed by atoms with E-state index in [0.29, 0.717) is 42.8 Å². The fourth-order valence-electron chi connectivity index (χ4n) is 11.4. The van der Waals surface area contributed by atoms with Crippen molar-refractivity contribution in [3.05, 3.63) is 11.6 Å². The lowest BCUT2D eigenvalue weighted by molar-refractivity contribution is -0.228. The van der Waals surface area contributed by atoms with Gasteiger partial charge in [0.1, 0.15) is 0 Å². The van der Waals surface area contributed by atoms with Crippen LogP contribution in [0.1, 0.15) is 115 Å². The Morgan fingerprint density at radius 3 is 2.20 bits per heavy atom. The summed E-state index contributed by atoms with van der Waals surface area (Å²) in [6.07, 6.45) is 8.18. The number of methoxy groups -OCH3 is 2. The first-order valence-corrected chi connectivity index (χ1v) is 17.6. The van der Waals surface area contributed by atoms with Gasteiger partial charge >= 0.3 is 5.97 Å². The van der Waals surface area contributed by atoms with E-state index in [1.54, 1.807) is 12.7 Å². The van der Waals surface area contributed by atoms with Crippen molar-refractivity contribution in [1.29, 1.82) is 0 Å². The topological polar surface area (TPSA) is 91.0 Å². The number of hydrogen-bond acceptors (Lipinski definition) is 5. The number of carboxylic acids is 1. The second kappa shape index (κ2) is 11.9. The summed E-state index contributed by atoms with van der Waals surface area (Å²) in [5, 5.41) is 10.9. The van der Waals surface area contributed by atoms with E-state index in [9.17, 15) is 9.90 Å². The molecule has 0 aromatic rings. The van der Waals surface area contributed by atoms with Crippen molar-refractivity contribution in [3.8, 4) is 0 Å². The second-order valence-electron chi connectivity index (χ2n) is 17.9. The molecule has 0 spiro atoms. The molecule has 6 heteroatoms. The number of nitrogens with two attached hydrogens (primary N) is 1. The van der Waals surface area contributed by atoms with Gasteiger partial charge in [0.25, 0.3) is 0 Å². The summed E-state index contributed by atoms with van der Waals surface area (Å²) in [5.41, 5.74) is 6.83. The highest BCUT2D eigenvalue weighted by Crippen LogP contribution is 2.74. The van der Waals surface area contributed by atoms with E-state index in [-0.39, 0.29) is 45.2 Å². The molecule has 4 aliphatic carbocycles. The first-order chi connectivity index (χ1) is 20.2. The molecule has 1 unspecified atom stereocenters. The zero-order chi connectivity index (χ0) is 33.3. The lowest BCUT2D eigenvalue weighted by atomic mass is 9.34. The van der Waals surface area contributed by atoms with Crippen LogP contribution >= 0.6 is 0 Å². The van der Waals surface area contributed by atoms with Gasteiger partial charge in [-0.3, -0.25) is 4.79 Å². The third kappa shape index (κ3) is 5.15. The van der Waals surface area contributed by atoms with Crippen LogP contribution in [0.4, 0.5) is 0 Å². The zero-order valence-electron chi connectivity index (χ0n) is 30.5. The van der Waals surface area contributed by atoms with E-state index in [1.807, 2.05) is 7.11 Å². The lowest BCUT2D eigenvalue weighted by Gasteiger charge is -2.70. The van der Waals surface area contributed by atoms with Crippen molar-refractivity contribution in [3.63, 3.8) is 0 Å². The van der Waals surface area contributed by atoms with Crippen LogP contribution in [-0.2, 0) is 19.0 Å². The Hall–Kier alpha value is -0.950. The summed E-state index contributed by atoms with van der Waals surface area (Å²) in [6.45, 7) is 26.2. The van der Waals surface area contributed by atoms with Gasteiger partial charge in [0, 0.05) is 25.2 Å². The molecule has 0 radical (unpaired) electrons. The quantitative estimate of drug-likeness (QED) is 0.242. The normalized spacial score (nSPS) is 46.0. The Labute approximate surface area is 269 Å². The number of hydrogen-bond donors (Lipinski definition) is 2. The van der Waals surface area contributed by atoms with Gasteiger partial charge in [-0.2, -0.15) is 0 Å². The third-order valence-corrected chi connectivity index (χ3v) is 15.2. The van der Waals surface area contributed by atoms with Crippen molar-refractivity contribution in [1.82, 2.24) is 0 Å². The van der Waals surface area contributed by atoms with Crippen molar-refractivity contribution in [2.75, 3.05) is 27.4 Å². The molecule has 0 heterocycles. The van der Waals surface area contributed by atoms with Gasteiger partial charge in [0.15, 0.2) is 0 Å². The van der Waals surface area contributed by atoms with Gasteiger partial charge in [-0.25, -0.2) is 0 Å². The maximum atomic E-state index is 13.3. The fourth-order valence-corrected chi connectivity index (χ4v) is 11.4.